The summed E-state index contributed by atoms with van der Waals surface area (Å²) in [6.07, 6.45) is 17.1. The normalized spacial score (nSPS) is 16.4. The van der Waals surface area contributed by atoms with Gasteiger partial charge in [-0.3, -0.25) is 0 Å². The summed E-state index contributed by atoms with van der Waals surface area (Å²) in [6.45, 7) is 17.1. The Labute approximate surface area is 282 Å². The van der Waals surface area contributed by atoms with Crippen molar-refractivity contribution in [2.24, 2.45) is 11.8 Å². The molecule has 0 N–H and O–H groups in total. The van der Waals surface area contributed by atoms with E-state index in [1.807, 2.05) is 24.3 Å². The molecule has 6 aromatic carbocycles. The first-order valence-electron chi connectivity index (χ1n) is 16.6. The molecule has 2 aliphatic carbocycles. The number of benzene rings is 6. The lowest BCUT2D eigenvalue weighted by Gasteiger charge is -2.34. The van der Waals surface area contributed by atoms with Gasteiger partial charge in [-0.1, -0.05) is 178 Å². The molecule has 0 saturated heterocycles. The van der Waals surface area contributed by atoms with E-state index in [4.69, 9.17) is 0 Å². The Morgan fingerprint density at radius 1 is 0.396 bits per heavy atom. The van der Waals surface area contributed by atoms with E-state index in [0.717, 1.165) is 33.4 Å². The minimum Gasteiger partial charge on any atom is -0.0984 e. The first-order chi connectivity index (χ1) is 23.7. The second kappa shape index (κ2) is 12.0. The fourth-order valence-corrected chi connectivity index (χ4v) is 8.18. The Hall–Kier alpha value is -5.98. The van der Waals surface area contributed by atoms with Crippen molar-refractivity contribution in [3.8, 4) is 11.1 Å². The van der Waals surface area contributed by atoms with Crippen LogP contribution in [0.4, 0.5) is 0 Å². The van der Waals surface area contributed by atoms with Crippen molar-refractivity contribution in [1.29, 1.82) is 0 Å². The predicted octanol–water partition coefficient (Wildman–Crippen LogP) is 11.0. The second-order valence-electron chi connectivity index (χ2n) is 12.5. The van der Waals surface area contributed by atoms with Gasteiger partial charge in [-0.25, -0.2) is 0 Å². The Morgan fingerprint density at radius 2 is 0.896 bits per heavy atom. The van der Waals surface area contributed by atoms with Gasteiger partial charge in [-0.15, -0.1) is 0 Å². The summed E-state index contributed by atoms with van der Waals surface area (Å²) in [5, 5.41) is 7.42. The summed E-state index contributed by atoms with van der Waals surface area (Å²) in [4.78, 5) is 0. The average molecular weight is 613 g/mol. The summed E-state index contributed by atoms with van der Waals surface area (Å²) >= 11 is 0. The van der Waals surface area contributed by atoms with E-state index in [1.165, 1.54) is 54.3 Å². The summed E-state index contributed by atoms with van der Waals surface area (Å²) in [6, 6.07) is 39.7. The maximum atomic E-state index is 4.38. The van der Waals surface area contributed by atoms with Crippen molar-refractivity contribution in [1.82, 2.24) is 0 Å². The van der Waals surface area contributed by atoms with Gasteiger partial charge in [0.2, 0.25) is 0 Å². The minimum absolute atomic E-state index is 0.151. The summed E-state index contributed by atoms with van der Waals surface area (Å²) in [7, 11) is 0. The van der Waals surface area contributed by atoms with Crippen LogP contribution < -0.4 is 10.4 Å². The lowest BCUT2D eigenvalue weighted by molar-refractivity contribution is 0.687. The smallest absolute Gasteiger partial charge is 0.0137 e. The third-order valence-corrected chi connectivity index (χ3v) is 10.2. The highest BCUT2D eigenvalue weighted by molar-refractivity contribution is 6.02. The quantitative estimate of drug-likeness (QED) is 0.168. The molecular formula is C48H36. The SMILES string of the molecule is C=Cc1c(C2=c3ccccc3=C(c3cccc4ccccc34)C3C=CC=CC23)ccc(-c2cc3ccccc3c(C=C)c2C=C)c1C=C. The van der Waals surface area contributed by atoms with Gasteiger partial charge in [0, 0.05) is 11.8 Å². The van der Waals surface area contributed by atoms with Crippen LogP contribution in [0.5, 0.6) is 0 Å². The highest BCUT2D eigenvalue weighted by Crippen LogP contribution is 2.45. The molecule has 2 atom stereocenters. The largest absolute Gasteiger partial charge is 0.0984 e. The maximum absolute atomic E-state index is 4.38. The van der Waals surface area contributed by atoms with Crippen molar-refractivity contribution in [3.05, 3.63) is 204 Å². The van der Waals surface area contributed by atoms with Gasteiger partial charge >= 0.3 is 0 Å². The van der Waals surface area contributed by atoms with Crippen LogP contribution in [0.2, 0.25) is 0 Å². The first kappa shape index (κ1) is 29.4. The summed E-state index contributed by atoms with van der Waals surface area (Å²) in [5.74, 6) is 0.330. The van der Waals surface area contributed by atoms with Gasteiger partial charge in [-0.05, 0) is 93.7 Å². The molecule has 2 aliphatic rings. The van der Waals surface area contributed by atoms with Crippen molar-refractivity contribution in [3.63, 3.8) is 0 Å². The number of hydrogen-bond donors (Lipinski definition) is 0. The average Bonchev–Trinajstić information content (AvgIpc) is 3.15. The first-order valence-corrected chi connectivity index (χ1v) is 16.6. The third-order valence-electron chi connectivity index (χ3n) is 10.2. The van der Waals surface area contributed by atoms with Crippen LogP contribution in [0.25, 0.3) is 68.1 Å². The van der Waals surface area contributed by atoms with E-state index >= 15 is 0 Å². The standard InChI is InChI=1S/C48H36/c1-5-33-36(8-4)46(30-32-19-10-12-22-38(32)33)39-28-29-45(35(7-3)34(39)6-2)48-43-25-15-13-23-41(43)47(42-24-14-16-26-44(42)48)40-27-17-20-31-18-9-11-21-37(31)40/h5-30,41,43H,1-4H2. The van der Waals surface area contributed by atoms with Crippen molar-refractivity contribution < 1.29 is 0 Å². The molecule has 0 heteroatoms. The number of rotatable bonds is 7. The maximum Gasteiger partial charge on any atom is 0.0137 e. The monoisotopic (exact) mass is 612 g/mol. The minimum atomic E-state index is 0.151. The molecule has 0 amide bonds. The Kier molecular flexibility index (Phi) is 7.35. The number of hydrogen-bond acceptors (Lipinski definition) is 0. The van der Waals surface area contributed by atoms with E-state index in [0.29, 0.717) is 0 Å². The fourth-order valence-electron chi connectivity index (χ4n) is 8.18. The summed E-state index contributed by atoms with van der Waals surface area (Å²) < 4.78 is 0. The molecular weight excluding hydrogens is 577 g/mol. The predicted molar refractivity (Wildman–Crippen MR) is 210 cm³/mol. The van der Waals surface area contributed by atoms with Gasteiger partial charge in [0.25, 0.3) is 0 Å². The van der Waals surface area contributed by atoms with E-state index in [-0.39, 0.29) is 11.8 Å². The molecule has 0 aromatic heterocycles. The molecule has 0 heterocycles. The molecule has 0 fully saturated rings. The van der Waals surface area contributed by atoms with Crippen LogP contribution >= 0.6 is 0 Å². The van der Waals surface area contributed by atoms with Gasteiger partial charge in [0.15, 0.2) is 0 Å². The zero-order valence-corrected chi connectivity index (χ0v) is 27.0. The van der Waals surface area contributed by atoms with Gasteiger partial charge in [-0.2, -0.15) is 0 Å². The van der Waals surface area contributed by atoms with E-state index in [2.05, 4.69) is 160 Å². The molecule has 2 unspecified atom stereocenters. The second-order valence-corrected chi connectivity index (χ2v) is 12.5. The van der Waals surface area contributed by atoms with Crippen LogP contribution in [0.3, 0.4) is 0 Å². The lowest BCUT2D eigenvalue weighted by atomic mass is 9.68. The molecule has 0 spiro atoms. The van der Waals surface area contributed by atoms with E-state index < -0.39 is 0 Å². The Bertz CT molecular complexity index is 2530. The number of allylic oxidation sites excluding steroid dienone is 4. The van der Waals surface area contributed by atoms with Crippen molar-refractivity contribution >= 4 is 57.0 Å². The molecule has 0 aliphatic heterocycles. The van der Waals surface area contributed by atoms with Crippen LogP contribution in [-0.2, 0) is 0 Å². The van der Waals surface area contributed by atoms with Crippen molar-refractivity contribution in [2.75, 3.05) is 0 Å². The highest BCUT2D eigenvalue weighted by Gasteiger charge is 2.33. The molecule has 48 heavy (non-hydrogen) atoms. The third kappa shape index (κ3) is 4.45. The lowest BCUT2D eigenvalue weighted by Crippen LogP contribution is -2.40. The van der Waals surface area contributed by atoms with Crippen molar-refractivity contribution in [2.45, 2.75) is 0 Å². The van der Waals surface area contributed by atoms with E-state index in [9.17, 15) is 0 Å². The molecule has 0 radical (unpaired) electrons. The Morgan fingerprint density at radius 3 is 1.56 bits per heavy atom. The van der Waals surface area contributed by atoms with Gasteiger partial charge in [0.1, 0.15) is 0 Å². The van der Waals surface area contributed by atoms with Crippen LogP contribution in [0.15, 0.2) is 160 Å². The molecule has 8 rings (SSSR count). The molecule has 228 valence electrons. The fraction of sp³-hybridized carbons (Fsp3) is 0.0417. The Balaban J connectivity index is 1.46. The molecule has 0 bridgehead atoms. The zero-order chi connectivity index (χ0) is 32.8. The zero-order valence-electron chi connectivity index (χ0n) is 27.0. The van der Waals surface area contributed by atoms with Gasteiger partial charge in [0.05, 0.1) is 0 Å². The highest BCUT2D eigenvalue weighted by atomic mass is 14.4. The molecule has 0 saturated carbocycles. The van der Waals surface area contributed by atoms with E-state index in [1.54, 1.807) is 0 Å². The molecule has 0 nitrogen and oxygen atoms in total. The van der Waals surface area contributed by atoms with Crippen LogP contribution in [0, 0.1) is 11.8 Å². The van der Waals surface area contributed by atoms with Gasteiger partial charge < -0.3 is 0 Å². The van der Waals surface area contributed by atoms with Crippen LogP contribution in [-0.4, -0.2) is 0 Å². The number of fused-ring (bicyclic) bond motifs is 4. The topological polar surface area (TPSA) is 0 Å². The summed E-state index contributed by atoms with van der Waals surface area (Å²) in [5.41, 5.74) is 11.7. The molecule has 6 aromatic rings. The van der Waals surface area contributed by atoms with Crippen LogP contribution in [0.1, 0.15) is 33.4 Å².